The van der Waals surface area contributed by atoms with E-state index in [-0.39, 0.29) is 31.5 Å². The second-order valence-corrected chi connectivity index (χ2v) is 24.0. The minimum atomic E-state index is -4.46. The quantitative estimate of drug-likeness (QED) is 0.0205. The van der Waals surface area contributed by atoms with E-state index >= 15 is 0 Å². The topological polar surface area (TPSA) is 111 Å². The average molecular weight is 1110 g/mol. The van der Waals surface area contributed by atoms with Gasteiger partial charge in [-0.1, -0.05) is 247 Å². The van der Waals surface area contributed by atoms with E-state index in [0.29, 0.717) is 23.9 Å². The molecule has 78 heavy (non-hydrogen) atoms. The number of hydrogen-bond acceptors (Lipinski definition) is 6. The van der Waals surface area contributed by atoms with Crippen LogP contribution in [0.25, 0.3) is 0 Å². The fraction of sp³-hybridized carbons (Fsp3) is 0.735. The second kappa shape index (κ2) is 57.2. The number of phosphoric ester groups is 1. The van der Waals surface area contributed by atoms with Gasteiger partial charge in [0, 0.05) is 12.8 Å². The molecule has 0 aromatic rings. The highest BCUT2D eigenvalue weighted by atomic mass is 31.2. The number of nitrogens with one attached hydrogen (secondary N) is 1. The van der Waals surface area contributed by atoms with Crippen molar-refractivity contribution in [3.63, 3.8) is 0 Å². The highest BCUT2D eigenvalue weighted by molar-refractivity contribution is 7.47. The lowest BCUT2D eigenvalue weighted by Gasteiger charge is -2.27. The predicted octanol–water partition coefficient (Wildman–Crippen LogP) is 19.9. The van der Waals surface area contributed by atoms with E-state index < -0.39 is 20.0 Å². The van der Waals surface area contributed by atoms with Crippen molar-refractivity contribution in [3.8, 4) is 0 Å². The Morgan fingerprint density at radius 1 is 0.462 bits per heavy atom. The van der Waals surface area contributed by atoms with Crippen LogP contribution in [0.3, 0.4) is 0 Å². The summed E-state index contributed by atoms with van der Waals surface area (Å²) in [5.74, 6) is -0.546. The Morgan fingerprint density at radius 3 is 1.27 bits per heavy atom. The first-order valence-corrected chi connectivity index (χ1v) is 33.6. The molecule has 1 amide bonds. The maximum absolute atomic E-state index is 13.5. The molecule has 3 atom stereocenters. The molecule has 0 radical (unpaired) electrons. The first kappa shape index (κ1) is 74.9. The molecule has 0 aliphatic rings. The molecule has 0 saturated heterocycles. The van der Waals surface area contributed by atoms with Gasteiger partial charge in [0.2, 0.25) is 5.91 Å². The zero-order valence-electron chi connectivity index (χ0n) is 51.4. The number of nitrogens with zero attached hydrogens (tertiary/aromatic N) is 1. The third kappa shape index (κ3) is 57.6. The summed E-state index contributed by atoms with van der Waals surface area (Å²) in [6.07, 6.45) is 77.0. The number of carbonyl (C=O) groups excluding carboxylic acids is 2. The number of carbonyl (C=O) groups is 2. The van der Waals surface area contributed by atoms with Gasteiger partial charge in [0.15, 0.2) is 0 Å². The van der Waals surface area contributed by atoms with Gasteiger partial charge in [-0.15, -0.1) is 0 Å². The first-order valence-electron chi connectivity index (χ1n) is 32.1. The summed E-state index contributed by atoms with van der Waals surface area (Å²) in [7, 11) is 1.46. The molecule has 0 aromatic carbocycles. The zero-order valence-corrected chi connectivity index (χ0v) is 52.3. The van der Waals surface area contributed by atoms with Crippen LogP contribution < -0.4 is 5.32 Å². The molecule has 0 aromatic heterocycles. The summed E-state index contributed by atoms with van der Waals surface area (Å²) in [4.78, 5) is 37.7. The van der Waals surface area contributed by atoms with Crippen molar-refractivity contribution in [1.29, 1.82) is 0 Å². The van der Waals surface area contributed by atoms with Crippen molar-refractivity contribution in [1.82, 2.24) is 5.32 Å². The van der Waals surface area contributed by atoms with Crippen LogP contribution in [-0.2, 0) is 27.9 Å². The molecule has 3 unspecified atom stereocenters. The maximum atomic E-state index is 13.5. The van der Waals surface area contributed by atoms with Crippen LogP contribution >= 0.6 is 7.82 Å². The van der Waals surface area contributed by atoms with Crippen molar-refractivity contribution in [2.45, 2.75) is 283 Å². The van der Waals surface area contributed by atoms with E-state index in [1.165, 1.54) is 135 Å². The van der Waals surface area contributed by atoms with Gasteiger partial charge in [-0.3, -0.25) is 18.6 Å². The minimum absolute atomic E-state index is 0.0295. The Kier molecular flexibility index (Phi) is 54.9. The van der Waals surface area contributed by atoms with Gasteiger partial charge >= 0.3 is 13.8 Å². The average Bonchev–Trinajstić information content (AvgIpc) is 3.40. The Labute approximate surface area is 481 Å². The highest BCUT2D eigenvalue weighted by Gasteiger charge is 2.30. The fourth-order valence-electron chi connectivity index (χ4n) is 8.82. The van der Waals surface area contributed by atoms with Gasteiger partial charge in [-0.2, -0.15) is 0 Å². The Morgan fingerprint density at radius 2 is 0.821 bits per heavy atom. The molecular formula is C68H122N2O7P+. The smallest absolute Gasteiger partial charge is 0.456 e. The Hall–Kier alpha value is -3.07. The number of quaternary nitrogens is 1. The van der Waals surface area contributed by atoms with Crippen molar-refractivity contribution in [3.05, 3.63) is 97.2 Å². The number of allylic oxidation sites excluding steroid dienone is 15. The molecule has 0 fully saturated rings. The zero-order chi connectivity index (χ0) is 57.2. The number of phosphoric acid groups is 1. The van der Waals surface area contributed by atoms with Gasteiger partial charge < -0.3 is 19.4 Å². The second-order valence-electron chi connectivity index (χ2n) is 22.5. The SMILES string of the molecule is CC/C=C/C/C=C/C/C=C/C/C=C/CCCCCC(=O)NC(COP(=O)(O)OCC[N+](C)(C)C)C(/C=C\CCCCCCCCCCC)OC(=O)CCCCCCCCCCCCCC/C=C\C/C=C\C/C=C\CCCCC. The standard InChI is InChI=1S/C68H121N2O7P/c1-7-10-13-16-19-22-25-27-29-31-32-33-34-35-36-37-38-39-41-43-46-49-52-55-58-61-68(72)77-66(59-56-53-50-47-44-24-21-18-15-12-9-3)65(64-76-78(73,74)75-63-62-70(4,5)6)69-67(71)60-57-54-51-48-45-42-40-30-28-26-23-20-17-14-11-8-2/h11,14,19-20,22-23,27-30,32-33,42,45,56,59,65-66H,7-10,12-13,15-18,21,24-26,31,34-41,43-44,46-55,57-58,60-64H2,1-6H3,(H-,69,71,73,74)/p+1/b14-11+,22-19-,23-20+,29-27-,30-28+,33-32-,45-42+,59-56-. The van der Waals surface area contributed by atoms with Crippen LogP contribution in [-0.4, -0.2) is 74.3 Å². The van der Waals surface area contributed by atoms with Crippen LogP contribution in [0.4, 0.5) is 0 Å². The lowest BCUT2D eigenvalue weighted by atomic mass is 10.0. The van der Waals surface area contributed by atoms with E-state index in [0.717, 1.165) is 96.3 Å². The monoisotopic (exact) mass is 1110 g/mol. The third-order valence-corrected chi connectivity index (χ3v) is 14.7. The fourth-order valence-corrected chi connectivity index (χ4v) is 9.56. The van der Waals surface area contributed by atoms with Crippen LogP contribution in [0.5, 0.6) is 0 Å². The predicted molar refractivity (Wildman–Crippen MR) is 337 cm³/mol. The normalized spacial score (nSPS) is 14.3. The number of esters is 1. The van der Waals surface area contributed by atoms with Crippen LogP contribution in [0.1, 0.15) is 271 Å². The molecule has 0 aliphatic carbocycles. The Bertz CT molecular complexity index is 1660. The first-order chi connectivity index (χ1) is 37.9. The summed E-state index contributed by atoms with van der Waals surface area (Å²) in [5.41, 5.74) is 0. The number of rotatable bonds is 57. The van der Waals surface area contributed by atoms with E-state index in [9.17, 15) is 19.0 Å². The number of amides is 1. The number of unbranched alkanes of at least 4 members (excludes halogenated alkanes) is 27. The lowest BCUT2D eigenvalue weighted by Crippen LogP contribution is -2.47. The van der Waals surface area contributed by atoms with Gasteiger partial charge in [-0.05, 0) is 109 Å². The summed E-state index contributed by atoms with van der Waals surface area (Å²) >= 11 is 0. The number of ether oxygens (including phenoxy) is 1. The van der Waals surface area contributed by atoms with E-state index in [1.807, 2.05) is 33.3 Å². The van der Waals surface area contributed by atoms with Gasteiger partial charge in [0.05, 0.1) is 33.8 Å². The van der Waals surface area contributed by atoms with Crippen molar-refractivity contribution < 1.29 is 37.3 Å². The van der Waals surface area contributed by atoms with E-state index in [1.54, 1.807) is 0 Å². The summed E-state index contributed by atoms with van der Waals surface area (Å²) in [6.45, 7) is 6.84. The van der Waals surface area contributed by atoms with Crippen LogP contribution in [0, 0.1) is 0 Å². The molecule has 0 rings (SSSR count). The largest absolute Gasteiger partial charge is 0.472 e. The summed E-state index contributed by atoms with van der Waals surface area (Å²) < 4.78 is 30.7. The van der Waals surface area contributed by atoms with Crippen LogP contribution in [0.15, 0.2) is 97.2 Å². The van der Waals surface area contributed by atoms with Crippen LogP contribution in [0.2, 0.25) is 0 Å². The minimum Gasteiger partial charge on any atom is -0.456 e. The molecule has 10 heteroatoms. The van der Waals surface area contributed by atoms with Crippen molar-refractivity contribution in [2.24, 2.45) is 0 Å². The van der Waals surface area contributed by atoms with E-state index in [4.69, 9.17) is 13.8 Å². The van der Waals surface area contributed by atoms with E-state index in [2.05, 4.69) is 111 Å². The van der Waals surface area contributed by atoms with Crippen molar-refractivity contribution in [2.75, 3.05) is 40.9 Å². The molecule has 450 valence electrons. The molecule has 0 bridgehead atoms. The maximum Gasteiger partial charge on any atom is 0.472 e. The number of hydrogen-bond donors (Lipinski definition) is 2. The molecule has 0 heterocycles. The third-order valence-electron chi connectivity index (χ3n) is 13.8. The molecule has 0 spiro atoms. The summed E-state index contributed by atoms with van der Waals surface area (Å²) in [5, 5.41) is 3.03. The summed E-state index contributed by atoms with van der Waals surface area (Å²) in [6, 6.07) is -0.870. The molecule has 0 saturated carbocycles. The van der Waals surface area contributed by atoms with Gasteiger partial charge in [0.25, 0.3) is 0 Å². The molecule has 2 N–H and O–H groups in total. The van der Waals surface area contributed by atoms with Gasteiger partial charge in [-0.25, -0.2) is 4.57 Å². The van der Waals surface area contributed by atoms with Gasteiger partial charge in [0.1, 0.15) is 19.3 Å². The van der Waals surface area contributed by atoms with Crippen molar-refractivity contribution >= 4 is 19.7 Å². The number of likely N-dealkylation sites (N-methyl/N-ethyl adjacent to an activating group) is 1. The highest BCUT2D eigenvalue weighted by Crippen LogP contribution is 2.43. The molecule has 9 nitrogen and oxygen atoms in total. The molecule has 0 aliphatic heterocycles. The lowest BCUT2D eigenvalue weighted by molar-refractivity contribution is -0.870. The molecular weight excluding hydrogens is 988 g/mol. The Balaban J connectivity index is 5.14.